The molecule has 0 aromatic rings. The second-order valence-corrected chi connectivity index (χ2v) is 5.61. The van der Waals surface area contributed by atoms with Crippen molar-refractivity contribution < 1.29 is 28.8 Å². The zero-order valence-corrected chi connectivity index (χ0v) is 12.2. The predicted octanol–water partition coefficient (Wildman–Crippen LogP) is -4.25. The van der Waals surface area contributed by atoms with Gasteiger partial charge in [-0.05, 0) is 51.9 Å². The van der Waals surface area contributed by atoms with E-state index in [1.54, 1.807) is 0 Å². The third-order valence-corrected chi connectivity index (χ3v) is 4.29. The van der Waals surface area contributed by atoms with Gasteiger partial charge in [-0.3, -0.25) is 4.90 Å². The fraction of sp³-hybridized carbons (Fsp3) is 0.923. The van der Waals surface area contributed by atoms with Crippen molar-refractivity contribution >= 4 is 5.97 Å². The fourth-order valence-electron chi connectivity index (χ4n) is 2.95. The van der Waals surface area contributed by atoms with E-state index in [0.29, 0.717) is 6.54 Å². The molecular weight excluding hydrogens is 237 g/mol. The van der Waals surface area contributed by atoms with Gasteiger partial charge in [0.05, 0.1) is 12.0 Å². The van der Waals surface area contributed by atoms with Gasteiger partial charge in [-0.1, -0.05) is 0 Å². The molecule has 0 aromatic carbocycles. The van der Waals surface area contributed by atoms with Crippen LogP contribution in [0.4, 0.5) is 0 Å². The van der Waals surface area contributed by atoms with Crippen molar-refractivity contribution in [3.05, 3.63) is 0 Å². The Morgan fingerprint density at radius 3 is 2.63 bits per heavy atom. The van der Waals surface area contributed by atoms with Crippen molar-refractivity contribution in [1.29, 1.82) is 0 Å². The number of aliphatic carboxylic acids is 1. The van der Waals surface area contributed by atoms with Crippen LogP contribution in [0.1, 0.15) is 19.3 Å². The maximum atomic E-state index is 11.1. The molecule has 0 bridgehead atoms. The summed E-state index contributed by atoms with van der Waals surface area (Å²) in [6.45, 7) is 5.49. The summed E-state index contributed by atoms with van der Waals surface area (Å²) in [5, 5.41) is 14.2. The molecule has 1 atom stereocenters. The fourth-order valence-corrected chi connectivity index (χ4v) is 2.95. The van der Waals surface area contributed by atoms with Gasteiger partial charge in [0.15, 0.2) is 0 Å². The standard InChI is InChI=1S/C13H25N3O2.Li/c1-15-6-2-11(3-7-15)4-8-16-9-5-14-10-12(16)13(17)18;/h11-12,14H,2-10H2,1H3,(H,17,18);/q;+1/p-1. The maximum Gasteiger partial charge on any atom is 1.00 e. The van der Waals surface area contributed by atoms with E-state index < -0.39 is 12.0 Å². The number of nitrogens with one attached hydrogen (secondary N) is 1. The Morgan fingerprint density at radius 2 is 2.00 bits per heavy atom. The molecule has 1 N–H and O–H groups in total. The van der Waals surface area contributed by atoms with E-state index in [0.717, 1.165) is 32.0 Å². The normalized spacial score (nSPS) is 26.9. The van der Waals surface area contributed by atoms with Crippen LogP contribution in [0.25, 0.3) is 0 Å². The summed E-state index contributed by atoms with van der Waals surface area (Å²) in [6.07, 6.45) is 3.62. The van der Waals surface area contributed by atoms with Crippen molar-refractivity contribution in [2.45, 2.75) is 25.3 Å². The number of likely N-dealkylation sites (tertiary alicyclic amines) is 1. The number of piperidine rings is 1. The Balaban J connectivity index is 0.00000180. The molecule has 5 nitrogen and oxygen atoms in total. The number of hydrogen-bond acceptors (Lipinski definition) is 5. The van der Waals surface area contributed by atoms with Gasteiger partial charge in [0.1, 0.15) is 0 Å². The zero-order chi connectivity index (χ0) is 13.0. The molecule has 2 aliphatic heterocycles. The third kappa shape index (κ3) is 5.09. The van der Waals surface area contributed by atoms with E-state index in [1.807, 2.05) is 0 Å². The number of nitrogens with zero attached hydrogens (tertiary/aromatic N) is 2. The number of carbonyl (C=O) groups excluding carboxylic acids is 1. The quantitative estimate of drug-likeness (QED) is 0.520. The molecule has 2 rings (SSSR count). The van der Waals surface area contributed by atoms with E-state index in [1.165, 1.54) is 25.9 Å². The van der Waals surface area contributed by atoms with Gasteiger partial charge >= 0.3 is 18.9 Å². The molecule has 0 saturated carbocycles. The molecule has 0 amide bonds. The van der Waals surface area contributed by atoms with E-state index in [-0.39, 0.29) is 18.9 Å². The van der Waals surface area contributed by atoms with Crippen LogP contribution < -0.4 is 29.3 Å². The average Bonchev–Trinajstić information content (AvgIpc) is 2.38. The molecule has 2 heterocycles. The van der Waals surface area contributed by atoms with Crippen molar-refractivity contribution in [3.8, 4) is 0 Å². The Hall–Kier alpha value is -0.0526. The summed E-state index contributed by atoms with van der Waals surface area (Å²) in [5.74, 6) is -0.177. The molecule has 0 radical (unpaired) electrons. The summed E-state index contributed by atoms with van der Waals surface area (Å²) in [5.41, 5.74) is 0. The summed E-state index contributed by atoms with van der Waals surface area (Å²) in [6, 6.07) is -0.440. The monoisotopic (exact) mass is 261 g/mol. The molecule has 2 saturated heterocycles. The maximum absolute atomic E-state index is 11.1. The number of hydrogen-bond donors (Lipinski definition) is 1. The van der Waals surface area contributed by atoms with E-state index in [9.17, 15) is 9.90 Å². The van der Waals surface area contributed by atoms with Gasteiger partial charge in [-0.25, -0.2) is 0 Å². The topological polar surface area (TPSA) is 58.6 Å². The van der Waals surface area contributed by atoms with Gasteiger partial charge in [-0.2, -0.15) is 0 Å². The molecule has 2 aliphatic rings. The molecule has 104 valence electrons. The van der Waals surface area contributed by atoms with Crippen molar-refractivity contribution in [2.75, 3.05) is 46.3 Å². The van der Waals surface area contributed by atoms with Crippen molar-refractivity contribution in [3.63, 3.8) is 0 Å². The molecule has 6 heteroatoms. The van der Waals surface area contributed by atoms with Gasteiger partial charge < -0.3 is 20.1 Å². The zero-order valence-electron chi connectivity index (χ0n) is 12.2. The number of carboxylic acid groups (broad SMARTS) is 1. The van der Waals surface area contributed by atoms with Crippen LogP contribution in [0.15, 0.2) is 0 Å². The van der Waals surface area contributed by atoms with Gasteiger partial charge in [0.2, 0.25) is 0 Å². The molecular formula is C13H24LiN3O2. The van der Waals surface area contributed by atoms with Gasteiger partial charge in [0, 0.05) is 19.6 Å². The van der Waals surface area contributed by atoms with Crippen LogP contribution >= 0.6 is 0 Å². The molecule has 1 unspecified atom stereocenters. The minimum Gasteiger partial charge on any atom is -0.548 e. The summed E-state index contributed by atoms with van der Waals surface area (Å²) < 4.78 is 0. The molecule has 0 spiro atoms. The number of piperazine rings is 1. The molecule has 0 aromatic heterocycles. The van der Waals surface area contributed by atoms with Crippen LogP contribution in [-0.4, -0.2) is 68.1 Å². The second-order valence-electron chi connectivity index (χ2n) is 5.61. The Labute approximate surface area is 127 Å². The number of carbonyl (C=O) groups is 1. The Morgan fingerprint density at radius 1 is 1.32 bits per heavy atom. The van der Waals surface area contributed by atoms with Crippen LogP contribution in [-0.2, 0) is 4.79 Å². The molecule has 0 aliphatic carbocycles. The minimum atomic E-state index is -0.939. The largest absolute Gasteiger partial charge is 1.00 e. The number of rotatable bonds is 4. The SMILES string of the molecule is CN1CCC(CCN2CCNCC2C(=O)[O-])CC1.[Li+]. The first-order chi connectivity index (χ1) is 8.66. The first-order valence-electron chi connectivity index (χ1n) is 7.01. The Bertz CT molecular complexity index is 283. The third-order valence-electron chi connectivity index (χ3n) is 4.29. The Kier molecular flexibility index (Phi) is 7.41. The number of carboxylic acids is 1. The first-order valence-corrected chi connectivity index (χ1v) is 7.01. The molecule has 2 fully saturated rings. The van der Waals surface area contributed by atoms with E-state index in [2.05, 4.69) is 22.2 Å². The van der Waals surface area contributed by atoms with Crippen molar-refractivity contribution in [1.82, 2.24) is 15.1 Å². The van der Waals surface area contributed by atoms with Gasteiger partial charge in [0.25, 0.3) is 0 Å². The van der Waals surface area contributed by atoms with Gasteiger partial charge in [-0.15, -0.1) is 0 Å². The summed E-state index contributed by atoms with van der Waals surface area (Å²) >= 11 is 0. The summed E-state index contributed by atoms with van der Waals surface area (Å²) in [4.78, 5) is 15.5. The van der Waals surface area contributed by atoms with Crippen LogP contribution in [0.2, 0.25) is 0 Å². The first kappa shape index (κ1) is 17.0. The van der Waals surface area contributed by atoms with E-state index >= 15 is 0 Å². The van der Waals surface area contributed by atoms with Crippen LogP contribution in [0.3, 0.4) is 0 Å². The van der Waals surface area contributed by atoms with Crippen LogP contribution in [0.5, 0.6) is 0 Å². The predicted molar refractivity (Wildman–Crippen MR) is 68.1 cm³/mol. The summed E-state index contributed by atoms with van der Waals surface area (Å²) in [7, 11) is 2.17. The smallest absolute Gasteiger partial charge is 0.548 e. The van der Waals surface area contributed by atoms with Crippen LogP contribution in [0, 0.1) is 5.92 Å². The molecule has 19 heavy (non-hydrogen) atoms. The van der Waals surface area contributed by atoms with Crippen molar-refractivity contribution in [2.24, 2.45) is 5.92 Å². The minimum absolute atomic E-state index is 0. The second kappa shape index (κ2) is 8.28. The van der Waals surface area contributed by atoms with E-state index in [4.69, 9.17) is 0 Å². The average molecular weight is 261 g/mol.